The summed E-state index contributed by atoms with van der Waals surface area (Å²) in [5.74, 6) is 0.941. The van der Waals surface area contributed by atoms with E-state index in [-0.39, 0.29) is 5.69 Å². The largest absolute Gasteiger partial charge is 0.497 e. The summed E-state index contributed by atoms with van der Waals surface area (Å²) in [5, 5.41) is 2.32. The minimum absolute atomic E-state index is 0.260. The summed E-state index contributed by atoms with van der Waals surface area (Å²) in [6, 6.07) is 16.1. The Hall–Kier alpha value is -4.13. The number of nitrogens with one attached hydrogen (secondary N) is 2. The third-order valence-electron chi connectivity index (χ3n) is 6.10. The highest BCUT2D eigenvalue weighted by molar-refractivity contribution is 5.90. The smallest absolute Gasteiger partial charge is 0.267 e. The van der Waals surface area contributed by atoms with E-state index in [2.05, 4.69) is 39.2 Å². The molecule has 2 aromatic carbocycles. The molecule has 0 unspecified atom stereocenters. The van der Waals surface area contributed by atoms with E-state index in [0.29, 0.717) is 18.7 Å². The lowest BCUT2D eigenvalue weighted by Gasteiger charge is -2.08. The number of aromatic amines is 2. The summed E-state index contributed by atoms with van der Waals surface area (Å²) in [7, 11) is 1.67. The van der Waals surface area contributed by atoms with Crippen LogP contribution >= 0.6 is 0 Å². The van der Waals surface area contributed by atoms with Gasteiger partial charge < -0.3 is 20.4 Å². The van der Waals surface area contributed by atoms with Gasteiger partial charge in [0.2, 0.25) is 0 Å². The van der Waals surface area contributed by atoms with Gasteiger partial charge in [0.15, 0.2) is 0 Å². The number of fused-ring (bicyclic) bond motifs is 2. The van der Waals surface area contributed by atoms with E-state index in [0.717, 1.165) is 57.3 Å². The Morgan fingerprint density at radius 1 is 1.03 bits per heavy atom. The second-order valence-electron chi connectivity index (χ2n) is 8.65. The van der Waals surface area contributed by atoms with E-state index in [9.17, 15) is 4.79 Å². The van der Waals surface area contributed by atoms with Crippen molar-refractivity contribution in [1.29, 1.82) is 0 Å². The molecule has 4 N–H and O–H groups in total. The van der Waals surface area contributed by atoms with Gasteiger partial charge in [0.1, 0.15) is 17.3 Å². The molecular formula is C27H27N5O2. The molecule has 172 valence electrons. The van der Waals surface area contributed by atoms with Crippen molar-refractivity contribution in [2.24, 2.45) is 5.73 Å². The van der Waals surface area contributed by atoms with Gasteiger partial charge in [0.25, 0.3) is 5.91 Å². The first-order valence-electron chi connectivity index (χ1n) is 11.4. The van der Waals surface area contributed by atoms with Crippen LogP contribution in [0.3, 0.4) is 0 Å². The molecule has 34 heavy (non-hydrogen) atoms. The molecule has 5 rings (SSSR count). The average Bonchev–Trinajstić information content (AvgIpc) is 3.40. The topological polar surface area (TPSA) is 110 Å². The van der Waals surface area contributed by atoms with Crippen molar-refractivity contribution in [3.05, 3.63) is 88.8 Å². The first-order chi connectivity index (χ1) is 16.5. The lowest BCUT2D eigenvalue weighted by atomic mass is 10.1. The van der Waals surface area contributed by atoms with E-state index < -0.39 is 5.91 Å². The fourth-order valence-corrected chi connectivity index (χ4v) is 4.46. The Morgan fingerprint density at radius 2 is 1.88 bits per heavy atom. The highest BCUT2D eigenvalue weighted by atomic mass is 16.5. The summed E-state index contributed by atoms with van der Waals surface area (Å²) >= 11 is 0. The van der Waals surface area contributed by atoms with Crippen LogP contribution in [0.2, 0.25) is 0 Å². The van der Waals surface area contributed by atoms with Crippen molar-refractivity contribution in [2.75, 3.05) is 7.11 Å². The Labute approximate surface area is 197 Å². The quantitative estimate of drug-likeness (QED) is 0.318. The zero-order valence-electron chi connectivity index (χ0n) is 19.3. The van der Waals surface area contributed by atoms with Crippen molar-refractivity contribution >= 4 is 27.7 Å². The summed E-state index contributed by atoms with van der Waals surface area (Å²) in [5.41, 5.74) is 12.3. The van der Waals surface area contributed by atoms with Crippen LogP contribution in [-0.4, -0.2) is 33.0 Å². The lowest BCUT2D eigenvalue weighted by molar-refractivity contribution is 0.0995. The van der Waals surface area contributed by atoms with Gasteiger partial charge in [-0.25, -0.2) is 9.97 Å². The molecule has 3 heterocycles. The van der Waals surface area contributed by atoms with E-state index in [1.54, 1.807) is 13.2 Å². The number of hydrogen-bond donors (Lipinski definition) is 3. The van der Waals surface area contributed by atoms with E-state index >= 15 is 0 Å². The van der Waals surface area contributed by atoms with E-state index in [1.165, 1.54) is 5.56 Å². The molecule has 0 spiro atoms. The number of nitrogens with two attached hydrogens (primary N) is 1. The fourth-order valence-electron chi connectivity index (χ4n) is 4.46. The first kappa shape index (κ1) is 21.7. The number of amides is 1. The Bertz CT molecular complexity index is 1500. The van der Waals surface area contributed by atoms with Crippen LogP contribution in [0.15, 0.2) is 54.7 Å². The Balaban J connectivity index is 1.33. The number of benzene rings is 2. The zero-order valence-corrected chi connectivity index (χ0v) is 19.3. The number of methoxy groups -OCH3 is 1. The number of ether oxygens (including phenoxy) is 1. The van der Waals surface area contributed by atoms with E-state index in [4.69, 9.17) is 15.5 Å². The molecular weight excluding hydrogens is 426 g/mol. The van der Waals surface area contributed by atoms with Gasteiger partial charge in [-0.15, -0.1) is 0 Å². The zero-order chi connectivity index (χ0) is 23.7. The molecule has 0 aliphatic carbocycles. The van der Waals surface area contributed by atoms with Gasteiger partial charge in [-0.1, -0.05) is 6.07 Å². The number of primary amides is 1. The second kappa shape index (κ2) is 9.02. The third kappa shape index (κ3) is 4.50. The number of hydrogen-bond acceptors (Lipinski definition) is 4. The van der Waals surface area contributed by atoms with Gasteiger partial charge in [0, 0.05) is 46.8 Å². The summed E-state index contributed by atoms with van der Waals surface area (Å²) in [6.45, 7) is 2.04. The molecule has 3 aromatic heterocycles. The molecule has 0 fully saturated rings. The maximum absolute atomic E-state index is 11.9. The lowest BCUT2D eigenvalue weighted by Crippen LogP contribution is -2.16. The summed E-state index contributed by atoms with van der Waals surface area (Å²) < 4.78 is 5.36. The fraction of sp³-hybridized carbons (Fsp3) is 0.222. The number of aryl methyl sites for hydroxylation is 3. The Morgan fingerprint density at radius 3 is 2.71 bits per heavy atom. The van der Waals surface area contributed by atoms with Crippen LogP contribution in [-0.2, 0) is 19.3 Å². The van der Waals surface area contributed by atoms with E-state index in [1.807, 2.05) is 31.3 Å². The monoisotopic (exact) mass is 453 g/mol. The highest BCUT2D eigenvalue weighted by Gasteiger charge is 2.12. The SMILES string of the molecule is COc1ccc2[nH]cc(CCCc3nc(Cc4ccc5[nH]c(C)cc5c4)cc(C(N)=O)n3)c2c1. The third-order valence-corrected chi connectivity index (χ3v) is 6.10. The van der Waals surface area contributed by atoms with Crippen molar-refractivity contribution in [1.82, 2.24) is 19.9 Å². The average molecular weight is 454 g/mol. The molecule has 0 atom stereocenters. The van der Waals surface area contributed by atoms with Crippen LogP contribution in [0.25, 0.3) is 21.8 Å². The second-order valence-corrected chi connectivity index (χ2v) is 8.65. The van der Waals surface area contributed by atoms with Crippen molar-refractivity contribution in [3.8, 4) is 5.75 Å². The summed E-state index contributed by atoms with van der Waals surface area (Å²) in [4.78, 5) is 27.7. The van der Waals surface area contributed by atoms with Crippen molar-refractivity contribution < 1.29 is 9.53 Å². The van der Waals surface area contributed by atoms with Crippen molar-refractivity contribution in [2.45, 2.75) is 32.6 Å². The van der Waals surface area contributed by atoms with Crippen molar-refractivity contribution in [3.63, 3.8) is 0 Å². The molecule has 0 aliphatic heterocycles. The van der Waals surface area contributed by atoms with Crippen LogP contribution in [0.5, 0.6) is 5.75 Å². The van der Waals surface area contributed by atoms with Crippen LogP contribution in [0.4, 0.5) is 0 Å². The molecule has 5 aromatic rings. The predicted molar refractivity (Wildman–Crippen MR) is 133 cm³/mol. The van der Waals surface area contributed by atoms with Gasteiger partial charge in [-0.05, 0) is 78.7 Å². The number of aromatic nitrogens is 4. The Kier molecular flexibility index (Phi) is 5.76. The standard InChI is InChI=1S/C27H27N5O2/c1-16-10-19-11-17(6-8-23(19)30-16)12-20-13-25(27(28)33)32-26(31-20)5-3-4-18-15-29-24-9-7-21(34-2)14-22(18)24/h6-11,13-15,29-30H,3-5,12H2,1-2H3,(H2,28,33). The summed E-state index contributed by atoms with van der Waals surface area (Å²) in [6.07, 6.45) is 5.00. The highest BCUT2D eigenvalue weighted by Crippen LogP contribution is 2.25. The van der Waals surface area contributed by atoms with Crippen LogP contribution in [0, 0.1) is 6.92 Å². The predicted octanol–water partition coefficient (Wildman–Crippen LogP) is 4.62. The molecule has 0 saturated carbocycles. The van der Waals surface area contributed by atoms with Gasteiger partial charge in [-0.3, -0.25) is 4.79 Å². The molecule has 0 radical (unpaired) electrons. The number of H-pyrrole nitrogens is 2. The first-order valence-corrected chi connectivity index (χ1v) is 11.4. The maximum Gasteiger partial charge on any atom is 0.267 e. The minimum atomic E-state index is -0.537. The number of nitrogens with zero attached hydrogens (tertiary/aromatic N) is 2. The van der Waals surface area contributed by atoms with Gasteiger partial charge in [-0.2, -0.15) is 0 Å². The molecule has 0 saturated heterocycles. The molecule has 7 nitrogen and oxygen atoms in total. The van der Waals surface area contributed by atoms with Gasteiger partial charge >= 0.3 is 0 Å². The normalized spacial score (nSPS) is 11.4. The number of carbonyl (C=O) groups excluding carboxylic acids is 1. The molecule has 1 amide bonds. The number of carbonyl (C=O) groups is 1. The molecule has 0 bridgehead atoms. The van der Waals surface area contributed by atoms with Crippen LogP contribution < -0.4 is 10.5 Å². The maximum atomic E-state index is 11.9. The van der Waals surface area contributed by atoms with Gasteiger partial charge in [0.05, 0.1) is 7.11 Å². The number of rotatable bonds is 8. The molecule has 0 aliphatic rings. The minimum Gasteiger partial charge on any atom is -0.497 e. The van der Waals surface area contributed by atoms with Crippen LogP contribution in [0.1, 0.15) is 45.2 Å². The molecule has 7 heteroatoms.